The number of hydrogen-bond acceptors (Lipinski definition) is 2. The van der Waals surface area contributed by atoms with E-state index in [0.29, 0.717) is 5.92 Å². The molecule has 0 aliphatic carbocycles. The van der Waals surface area contributed by atoms with Gasteiger partial charge in [0.2, 0.25) is 0 Å². The molecule has 1 heterocycles. The lowest BCUT2D eigenvalue weighted by atomic mass is 9.95. The van der Waals surface area contributed by atoms with Crippen LogP contribution in [-0.4, -0.2) is 43.0 Å². The lowest BCUT2D eigenvalue weighted by Crippen LogP contribution is -2.38. The highest BCUT2D eigenvalue weighted by Crippen LogP contribution is 2.19. The van der Waals surface area contributed by atoms with Gasteiger partial charge in [-0.25, -0.2) is 8.78 Å². The normalized spacial score (nSPS) is 16.3. The van der Waals surface area contributed by atoms with Gasteiger partial charge in [0.25, 0.3) is 0 Å². The average Bonchev–Trinajstić information content (AvgIpc) is 2.63. The van der Waals surface area contributed by atoms with Crippen LogP contribution in [-0.2, 0) is 13.0 Å². The van der Waals surface area contributed by atoms with Gasteiger partial charge in [0.15, 0.2) is 0 Å². The maximum Gasteiger partial charge on any atom is 0.123 e. The van der Waals surface area contributed by atoms with E-state index in [-0.39, 0.29) is 11.6 Å². The average molecular weight is 358 g/mol. The molecule has 4 heteroatoms. The molecule has 2 nitrogen and oxygen atoms in total. The molecule has 0 atom stereocenters. The lowest BCUT2D eigenvalue weighted by molar-refractivity contribution is 0.153. The zero-order valence-corrected chi connectivity index (χ0v) is 15.5. The van der Waals surface area contributed by atoms with E-state index in [2.05, 4.69) is 16.8 Å². The Kier molecular flexibility index (Phi) is 6.75. The van der Waals surface area contributed by atoms with Gasteiger partial charge in [-0.3, -0.25) is 0 Å². The van der Waals surface area contributed by atoms with Gasteiger partial charge in [0.05, 0.1) is 0 Å². The predicted molar refractivity (Wildman–Crippen MR) is 102 cm³/mol. The molecule has 0 aromatic heterocycles. The van der Waals surface area contributed by atoms with Crippen LogP contribution in [0.2, 0.25) is 0 Å². The fraction of sp³-hybridized carbons (Fsp3) is 0.455. The van der Waals surface area contributed by atoms with Gasteiger partial charge in [-0.15, -0.1) is 0 Å². The first-order chi connectivity index (χ1) is 12.6. The third-order valence-corrected chi connectivity index (χ3v) is 5.25. The second-order valence-corrected chi connectivity index (χ2v) is 7.49. The van der Waals surface area contributed by atoms with Crippen LogP contribution in [0.4, 0.5) is 8.78 Å². The minimum atomic E-state index is -0.179. The van der Waals surface area contributed by atoms with Crippen molar-refractivity contribution in [3.05, 3.63) is 71.3 Å². The molecule has 0 spiro atoms. The van der Waals surface area contributed by atoms with Crippen LogP contribution in [0.25, 0.3) is 0 Å². The molecule has 0 N–H and O–H groups in total. The Morgan fingerprint density at radius 3 is 2.38 bits per heavy atom. The van der Waals surface area contributed by atoms with Crippen molar-refractivity contribution in [3.8, 4) is 0 Å². The molecule has 0 amide bonds. The smallest absolute Gasteiger partial charge is 0.123 e. The molecule has 3 rings (SSSR count). The molecule has 0 unspecified atom stereocenters. The Morgan fingerprint density at radius 2 is 1.69 bits per heavy atom. The molecule has 0 saturated carbocycles. The van der Waals surface area contributed by atoms with Crippen LogP contribution in [0, 0.1) is 17.6 Å². The van der Waals surface area contributed by atoms with Crippen LogP contribution in [0.3, 0.4) is 0 Å². The van der Waals surface area contributed by atoms with E-state index in [0.717, 1.165) is 50.3 Å². The van der Waals surface area contributed by atoms with Crippen LogP contribution in [0.1, 0.15) is 24.0 Å². The number of benzene rings is 2. The molecule has 2 aromatic rings. The first-order valence-corrected chi connectivity index (χ1v) is 9.48. The Balaban J connectivity index is 1.37. The summed E-state index contributed by atoms with van der Waals surface area (Å²) in [7, 11) is 2.14. The predicted octanol–water partition coefficient (Wildman–Crippen LogP) is 4.35. The van der Waals surface area contributed by atoms with Crippen molar-refractivity contribution in [2.75, 3.05) is 33.2 Å². The molecule has 1 saturated heterocycles. The maximum absolute atomic E-state index is 13.2. The fourth-order valence-corrected chi connectivity index (χ4v) is 3.78. The molecule has 0 radical (unpaired) electrons. The summed E-state index contributed by atoms with van der Waals surface area (Å²) in [6, 6.07) is 13.7. The molecule has 140 valence electrons. The second kappa shape index (κ2) is 9.24. The summed E-state index contributed by atoms with van der Waals surface area (Å²) >= 11 is 0. The van der Waals surface area contributed by atoms with Gasteiger partial charge in [0.1, 0.15) is 11.6 Å². The van der Waals surface area contributed by atoms with Gasteiger partial charge in [0, 0.05) is 19.6 Å². The summed E-state index contributed by atoms with van der Waals surface area (Å²) in [5.74, 6) is 0.387. The number of halogens is 2. The first kappa shape index (κ1) is 19.0. The Bertz CT molecular complexity index is 679. The van der Waals surface area contributed by atoms with Crippen molar-refractivity contribution < 1.29 is 8.78 Å². The topological polar surface area (TPSA) is 6.48 Å². The highest BCUT2D eigenvalue weighted by atomic mass is 19.1. The molecule has 1 aliphatic heterocycles. The lowest BCUT2D eigenvalue weighted by Gasteiger charge is -2.34. The number of nitrogens with zero attached hydrogens (tertiary/aromatic N) is 2. The largest absolute Gasteiger partial charge is 0.303 e. The van der Waals surface area contributed by atoms with Gasteiger partial charge in [-0.05, 0) is 80.7 Å². The molecular weight excluding hydrogens is 330 g/mol. The van der Waals surface area contributed by atoms with Gasteiger partial charge < -0.3 is 9.80 Å². The van der Waals surface area contributed by atoms with E-state index >= 15 is 0 Å². The van der Waals surface area contributed by atoms with E-state index in [1.54, 1.807) is 12.1 Å². The van der Waals surface area contributed by atoms with Crippen LogP contribution in [0.5, 0.6) is 0 Å². The van der Waals surface area contributed by atoms with Crippen molar-refractivity contribution in [2.24, 2.45) is 5.92 Å². The SMILES string of the molecule is CN(Cc1ccc(F)cc1)CC1CCN(CCc2cccc(F)c2)CC1. The summed E-state index contributed by atoms with van der Waals surface area (Å²) in [4.78, 5) is 4.82. The summed E-state index contributed by atoms with van der Waals surface area (Å²) in [6.45, 7) is 5.17. The highest BCUT2D eigenvalue weighted by Gasteiger charge is 2.20. The molecule has 1 aliphatic rings. The van der Waals surface area contributed by atoms with Crippen molar-refractivity contribution in [1.82, 2.24) is 9.80 Å². The second-order valence-electron chi connectivity index (χ2n) is 7.49. The van der Waals surface area contributed by atoms with Gasteiger partial charge in [-0.2, -0.15) is 0 Å². The third-order valence-electron chi connectivity index (χ3n) is 5.25. The minimum absolute atomic E-state index is 0.148. The summed E-state index contributed by atoms with van der Waals surface area (Å²) in [5.41, 5.74) is 2.23. The third kappa shape index (κ3) is 5.89. The Labute approximate surface area is 155 Å². The zero-order valence-electron chi connectivity index (χ0n) is 15.5. The van der Waals surface area contributed by atoms with E-state index in [1.807, 2.05) is 18.2 Å². The number of hydrogen-bond donors (Lipinski definition) is 0. The van der Waals surface area contributed by atoms with E-state index in [9.17, 15) is 8.78 Å². The molecular formula is C22H28F2N2. The number of piperidine rings is 1. The van der Waals surface area contributed by atoms with E-state index < -0.39 is 0 Å². The summed E-state index contributed by atoms with van der Waals surface area (Å²) in [6.07, 6.45) is 3.32. The van der Waals surface area contributed by atoms with Gasteiger partial charge >= 0.3 is 0 Å². The molecule has 0 bridgehead atoms. The van der Waals surface area contributed by atoms with Crippen molar-refractivity contribution in [1.29, 1.82) is 0 Å². The first-order valence-electron chi connectivity index (χ1n) is 9.48. The number of likely N-dealkylation sites (tertiary alicyclic amines) is 1. The van der Waals surface area contributed by atoms with E-state index in [4.69, 9.17) is 0 Å². The highest BCUT2D eigenvalue weighted by molar-refractivity contribution is 5.17. The van der Waals surface area contributed by atoms with Crippen molar-refractivity contribution in [3.63, 3.8) is 0 Å². The molecule has 26 heavy (non-hydrogen) atoms. The van der Waals surface area contributed by atoms with Crippen molar-refractivity contribution >= 4 is 0 Å². The number of rotatable bonds is 7. The summed E-state index contributed by atoms with van der Waals surface area (Å²) < 4.78 is 26.2. The monoisotopic (exact) mass is 358 g/mol. The molecule has 1 fully saturated rings. The van der Waals surface area contributed by atoms with Crippen LogP contribution in [0.15, 0.2) is 48.5 Å². The summed E-state index contributed by atoms with van der Waals surface area (Å²) in [5, 5.41) is 0. The molecule has 2 aromatic carbocycles. The van der Waals surface area contributed by atoms with E-state index in [1.165, 1.54) is 31.0 Å². The quantitative estimate of drug-likeness (QED) is 0.726. The fourth-order valence-electron chi connectivity index (χ4n) is 3.78. The minimum Gasteiger partial charge on any atom is -0.303 e. The zero-order chi connectivity index (χ0) is 18.4. The van der Waals surface area contributed by atoms with Crippen molar-refractivity contribution in [2.45, 2.75) is 25.8 Å². The van der Waals surface area contributed by atoms with Gasteiger partial charge in [-0.1, -0.05) is 24.3 Å². The standard InChI is InChI=1S/C22H28F2N2/c1-25(16-19-5-7-21(23)8-6-19)17-20-10-13-26(14-11-20)12-9-18-3-2-4-22(24)15-18/h2-8,15,20H,9-14,16-17H2,1H3. The van der Waals surface area contributed by atoms with Crippen LogP contribution < -0.4 is 0 Å². The Morgan fingerprint density at radius 1 is 0.962 bits per heavy atom. The maximum atomic E-state index is 13.2. The Hall–Kier alpha value is -1.78. The van der Waals surface area contributed by atoms with Crippen LogP contribution >= 0.6 is 0 Å².